The first-order valence-electron chi connectivity index (χ1n) is 8.28. The van der Waals surface area contributed by atoms with Gasteiger partial charge in [-0.3, -0.25) is 0 Å². The van der Waals surface area contributed by atoms with Crippen LogP contribution in [0.5, 0.6) is 0 Å². The maximum Gasteiger partial charge on any atom is 0.328 e. The lowest BCUT2D eigenvalue weighted by Gasteiger charge is -2.23. The van der Waals surface area contributed by atoms with E-state index in [9.17, 15) is 9.59 Å². The zero-order valence-corrected chi connectivity index (χ0v) is 14.3. The van der Waals surface area contributed by atoms with Gasteiger partial charge in [0.2, 0.25) is 0 Å². The van der Waals surface area contributed by atoms with Gasteiger partial charge in [0.05, 0.1) is 7.11 Å². The van der Waals surface area contributed by atoms with Crippen molar-refractivity contribution in [3.8, 4) is 0 Å². The van der Waals surface area contributed by atoms with E-state index in [1.807, 2.05) is 6.07 Å². The fourth-order valence-electron chi connectivity index (χ4n) is 3.33. The third-order valence-corrected chi connectivity index (χ3v) is 4.61. The predicted octanol–water partition coefficient (Wildman–Crippen LogP) is 2.29. The lowest BCUT2D eigenvalue weighted by molar-refractivity contribution is -0.142. The number of carbonyl (C=O) groups is 2. The third-order valence-electron chi connectivity index (χ3n) is 4.61. The van der Waals surface area contributed by atoms with Gasteiger partial charge in [0, 0.05) is 36.7 Å². The number of hydrogen-bond acceptors (Lipinski definition) is 3. The van der Waals surface area contributed by atoms with Crippen molar-refractivity contribution in [3.63, 3.8) is 0 Å². The second-order valence-electron chi connectivity index (χ2n) is 6.12. The molecule has 6 nitrogen and oxygen atoms in total. The molecule has 128 valence electrons. The molecule has 1 atom stereocenters. The van der Waals surface area contributed by atoms with Crippen LogP contribution in [0.1, 0.15) is 25.0 Å². The number of amides is 2. The maximum atomic E-state index is 12.5. The highest BCUT2D eigenvalue weighted by atomic mass is 16.5. The number of aromatic nitrogens is 1. The van der Waals surface area contributed by atoms with Crippen LogP contribution < -0.4 is 5.32 Å². The molecule has 0 unspecified atom stereocenters. The van der Waals surface area contributed by atoms with E-state index >= 15 is 0 Å². The first-order valence-corrected chi connectivity index (χ1v) is 8.28. The lowest BCUT2D eigenvalue weighted by Crippen LogP contribution is -2.47. The fraction of sp³-hybridized carbons (Fsp3) is 0.444. The summed E-state index contributed by atoms with van der Waals surface area (Å²) in [4.78, 5) is 25.8. The number of aryl methyl sites for hydroxylation is 1. The molecule has 0 bridgehead atoms. The summed E-state index contributed by atoms with van der Waals surface area (Å²) in [5, 5.41) is 3.97. The summed E-state index contributed by atoms with van der Waals surface area (Å²) in [5.74, 6) is -0.443. The summed E-state index contributed by atoms with van der Waals surface area (Å²) in [7, 11) is 1.32. The largest absolute Gasteiger partial charge is 0.467 e. The van der Waals surface area contributed by atoms with Crippen LogP contribution in [0.2, 0.25) is 0 Å². The SMILES string of the molecule is CCn1cc2c3c(cccc31)CN(C(=O)N[C@@H](C)C(=O)OC)CC2. The lowest BCUT2D eigenvalue weighted by atomic mass is 10.1. The molecule has 6 heteroatoms. The van der Waals surface area contributed by atoms with Crippen molar-refractivity contribution in [3.05, 3.63) is 35.5 Å². The Kier molecular flexibility index (Phi) is 4.46. The minimum Gasteiger partial charge on any atom is -0.467 e. The average molecular weight is 329 g/mol. The molecule has 1 N–H and O–H groups in total. The third kappa shape index (κ3) is 2.84. The number of esters is 1. The highest BCUT2D eigenvalue weighted by molar-refractivity contribution is 5.89. The topological polar surface area (TPSA) is 63.6 Å². The molecule has 0 aliphatic carbocycles. The van der Waals surface area contributed by atoms with E-state index in [1.165, 1.54) is 23.6 Å². The summed E-state index contributed by atoms with van der Waals surface area (Å²) < 4.78 is 6.91. The van der Waals surface area contributed by atoms with Crippen LogP contribution in [0, 0.1) is 0 Å². The van der Waals surface area contributed by atoms with Crippen LogP contribution in [-0.4, -0.2) is 41.2 Å². The van der Waals surface area contributed by atoms with Crippen LogP contribution in [0.15, 0.2) is 24.4 Å². The number of methoxy groups -OCH3 is 1. The number of carbonyl (C=O) groups excluding carboxylic acids is 2. The van der Waals surface area contributed by atoms with Gasteiger partial charge in [-0.15, -0.1) is 0 Å². The number of urea groups is 1. The van der Waals surface area contributed by atoms with E-state index in [1.54, 1.807) is 11.8 Å². The Morgan fingerprint density at radius 3 is 2.83 bits per heavy atom. The van der Waals surface area contributed by atoms with E-state index in [-0.39, 0.29) is 6.03 Å². The first kappa shape index (κ1) is 16.4. The van der Waals surface area contributed by atoms with Crippen molar-refractivity contribution >= 4 is 22.9 Å². The quantitative estimate of drug-likeness (QED) is 0.879. The smallest absolute Gasteiger partial charge is 0.328 e. The zero-order chi connectivity index (χ0) is 17.3. The number of nitrogens with zero attached hydrogens (tertiary/aromatic N) is 2. The monoisotopic (exact) mass is 329 g/mol. The summed E-state index contributed by atoms with van der Waals surface area (Å²) in [5.41, 5.74) is 3.64. The van der Waals surface area contributed by atoms with Gasteiger partial charge in [-0.2, -0.15) is 0 Å². The Bertz CT molecular complexity index is 781. The van der Waals surface area contributed by atoms with Gasteiger partial charge in [0.15, 0.2) is 0 Å². The molecule has 1 aromatic carbocycles. The van der Waals surface area contributed by atoms with Crippen LogP contribution in [-0.2, 0) is 29.0 Å². The fourth-order valence-corrected chi connectivity index (χ4v) is 3.33. The average Bonchev–Trinajstić information content (AvgIpc) is 2.84. The molecule has 1 aliphatic heterocycles. The predicted molar refractivity (Wildman–Crippen MR) is 91.7 cm³/mol. The van der Waals surface area contributed by atoms with E-state index in [2.05, 4.69) is 39.9 Å². The molecule has 0 saturated heterocycles. The van der Waals surface area contributed by atoms with Crippen molar-refractivity contribution in [1.82, 2.24) is 14.8 Å². The van der Waals surface area contributed by atoms with E-state index in [0.29, 0.717) is 13.1 Å². The molecule has 24 heavy (non-hydrogen) atoms. The van der Waals surface area contributed by atoms with Gasteiger partial charge in [-0.1, -0.05) is 12.1 Å². The van der Waals surface area contributed by atoms with Gasteiger partial charge < -0.3 is 19.5 Å². The molecule has 2 aromatic rings. The Labute approximate surface area is 141 Å². The summed E-state index contributed by atoms with van der Waals surface area (Å²) >= 11 is 0. The van der Waals surface area contributed by atoms with E-state index in [4.69, 9.17) is 0 Å². The minimum absolute atomic E-state index is 0.238. The molecule has 1 aliphatic rings. The normalized spacial score (nSPS) is 15.0. The zero-order valence-electron chi connectivity index (χ0n) is 14.3. The Morgan fingerprint density at radius 1 is 1.33 bits per heavy atom. The molecule has 3 rings (SSSR count). The van der Waals surface area contributed by atoms with Crippen molar-refractivity contribution in [1.29, 1.82) is 0 Å². The number of ether oxygens (including phenoxy) is 1. The van der Waals surface area contributed by atoms with Crippen LogP contribution >= 0.6 is 0 Å². The van der Waals surface area contributed by atoms with Crippen LogP contribution in [0.4, 0.5) is 4.79 Å². The van der Waals surface area contributed by atoms with Crippen molar-refractivity contribution in [2.75, 3.05) is 13.7 Å². The van der Waals surface area contributed by atoms with Crippen molar-refractivity contribution in [2.45, 2.75) is 39.4 Å². The summed E-state index contributed by atoms with van der Waals surface area (Å²) in [6, 6.07) is 5.34. The van der Waals surface area contributed by atoms with Gasteiger partial charge in [-0.25, -0.2) is 9.59 Å². The van der Waals surface area contributed by atoms with E-state index in [0.717, 1.165) is 18.5 Å². The summed E-state index contributed by atoms with van der Waals surface area (Å²) in [6.45, 7) is 5.85. The first-order chi connectivity index (χ1) is 11.5. The van der Waals surface area contributed by atoms with Crippen molar-refractivity contribution < 1.29 is 14.3 Å². The standard InChI is InChI=1S/C18H23N3O3/c1-4-20-10-14-8-9-21(18(23)19-12(2)17(22)24-3)11-13-6-5-7-15(20)16(13)14/h5-7,10,12H,4,8-9,11H2,1-3H3,(H,19,23)/t12-/m0/s1. The molecule has 0 saturated carbocycles. The van der Waals surface area contributed by atoms with Gasteiger partial charge in [0.1, 0.15) is 6.04 Å². The molecule has 0 spiro atoms. The molecule has 2 amide bonds. The summed E-state index contributed by atoms with van der Waals surface area (Å²) in [6.07, 6.45) is 2.99. The van der Waals surface area contributed by atoms with Crippen molar-refractivity contribution in [2.24, 2.45) is 0 Å². The highest BCUT2D eigenvalue weighted by Crippen LogP contribution is 2.29. The Morgan fingerprint density at radius 2 is 2.12 bits per heavy atom. The number of hydrogen-bond donors (Lipinski definition) is 1. The molecule has 1 aromatic heterocycles. The van der Waals surface area contributed by atoms with E-state index < -0.39 is 12.0 Å². The molecular formula is C18H23N3O3. The molecule has 2 heterocycles. The maximum absolute atomic E-state index is 12.5. The number of nitrogens with one attached hydrogen (secondary N) is 1. The molecule has 0 radical (unpaired) electrons. The Balaban J connectivity index is 1.84. The molecular weight excluding hydrogens is 306 g/mol. The molecule has 0 fully saturated rings. The van der Waals surface area contributed by atoms with Crippen LogP contribution in [0.25, 0.3) is 10.9 Å². The Hall–Kier alpha value is -2.50. The van der Waals surface area contributed by atoms with Crippen LogP contribution in [0.3, 0.4) is 0 Å². The second kappa shape index (κ2) is 6.55. The highest BCUT2D eigenvalue weighted by Gasteiger charge is 2.24. The van der Waals surface area contributed by atoms with Gasteiger partial charge in [-0.05, 0) is 37.5 Å². The number of benzene rings is 1. The number of rotatable bonds is 3. The second-order valence-corrected chi connectivity index (χ2v) is 6.12. The van der Waals surface area contributed by atoms with Gasteiger partial charge >= 0.3 is 12.0 Å². The van der Waals surface area contributed by atoms with Gasteiger partial charge in [0.25, 0.3) is 0 Å². The minimum atomic E-state index is -0.657.